The van der Waals surface area contributed by atoms with Crippen molar-refractivity contribution in [3.8, 4) is 11.8 Å². The molecule has 0 fully saturated rings. The third kappa shape index (κ3) is 7.16. The Hall–Kier alpha value is -1.51. The molecule has 0 heterocycles. The highest BCUT2D eigenvalue weighted by Crippen LogP contribution is 2.21. The highest BCUT2D eigenvalue weighted by Gasteiger charge is 2.17. The molecule has 0 aliphatic rings. The molecular formula is C16H23NO3S. The molecule has 0 aliphatic heterocycles. The molecule has 0 atom stereocenters. The van der Waals surface area contributed by atoms with Gasteiger partial charge in [-0.05, 0) is 42.5 Å². The highest BCUT2D eigenvalue weighted by molar-refractivity contribution is 7.92. The van der Waals surface area contributed by atoms with Gasteiger partial charge in [-0.1, -0.05) is 32.6 Å². The number of benzene rings is 1. The number of aryl methyl sites for hydroxylation is 1. The third-order valence-corrected chi connectivity index (χ3v) is 4.07. The standard InChI is InChI=1S/C16H23NO3S/c1-13-10-14(6-5-8-18)12-15(11-13)17-21(19,20)9-7-16(2,3)4/h10-12,17-18H,7-9H2,1-4H3. The van der Waals surface area contributed by atoms with Gasteiger partial charge in [0.1, 0.15) is 6.61 Å². The summed E-state index contributed by atoms with van der Waals surface area (Å²) in [7, 11) is -3.37. The van der Waals surface area contributed by atoms with Gasteiger partial charge in [-0.3, -0.25) is 4.72 Å². The van der Waals surface area contributed by atoms with E-state index in [2.05, 4.69) is 16.6 Å². The Morgan fingerprint density at radius 2 is 1.90 bits per heavy atom. The van der Waals surface area contributed by atoms with Gasteiger partial charge in [0.25, 0.3) is 0 Å². The predicted octanol–water partition coefficient (Wildman–Crippen LogP) is 2.52. The molecule has 2 N–H and O–H groups in total. The van der Waals surface area contributed by atoms with E-state index in [0.29, 0.717) is 17.7 Å². The smallest absolute Gasteiger partial charge is 0.232 e. The van der Waals surface area contributed by atoms with E-state index in [4.69, 9.17) is 5.11 Å². The van der Waals surface area contributed by atoms with Crippen LogP contribution in [-0.2, 0) is 10.0 Å². The summed E-state index contributed by atoms with van der Waals surface area (Å²) in [6.07, 6.45) is 0.589. The Morgan fingerprint density at radius 3 is 2.48 bits per heavy atom. The van der Waals surface area contributed by atoms with Gasteiger partial charge in [-0.2, -0.15) is 0 Å². The van der Waals surface area contributed by atoms with Crippen molar-refractivity contribution in [3.63, 3.8) is 0 Å². The minimum atomic E-state index is -3.37. The Morgan fingerprint density at radius 1 is 1.24 bits per heavy atom. The fourth-order valence-electron chi connectivity index (χ4n) is 1.73. The normalized spacial score (nSPS) is 11.7. The van der Waals surface area contributed by atoms with Crippen molar-refractivity contribution in [1.82, 2.24) is 0 Å². The van der Waals surface area contributed by atoms with Gasteiger partial charge in [0, 0.05) is 11.3 Å². The van der Waals surface area contributed by atoms with Crippen LogP contribution in [0, 0.1) is 24.2 Å². The van der Waals surface area contributed by atoms with Crippen LogP contribution in [0.2, 0.25) is 0 Å². The molecule has 21 heavy (non-hydrogen) atoms. The number of sulfonamides is 1. The molecule has 1 aromatic carbocycles. The van der Waals surface area contributed by atoms with E-state index < -0.39 is 10.0 Å². The average molecular weight is 309 g/mol. The second-order valence-electron chi connectivity index (χ2n) is 6.28. The Labute approximate surface area is 127 Å². The average Bonchev–Trinajstić information content (AvgIpc) is 2.32. The number of rotatable bonds is 4. The van der Waals surface area contributed by atoms with Crippen molar-refractivity contribution in [3.05, 3.63) is 29.3 Å². The molecule has 4 nitrogen and oxygen atoms in total. The SMILES string of the molecule is Cc1cc(C#CCO)cc(NS(=O)(=O)CCC(C)(C)C)c1. The topological polar surface area (TPSA) is 66.4 Å². The third-order valence-electron chi connectivity index (χ3n) is 2.78. The summed E-state index contributed by atoms with van der Waals surface area (Å²) in [5, 5.41) is 8.71. The Balaban J connectivity index is 2.89. The molecule has 1 rings (SSSR count). The van der Waals surface area contributed by atoms with Crippen molar-refractivity contribution < 1.29 is 13.5 Å². The molecule has 0 amide bonds. The summed E-state index contributed by atoms with van der Waals surface area (Å²) >= 11 is 0. The molecule has 0 aliphatic carbocycles. The first-order valence-corrected chi connectivity index (χ1v) is 8.48. The molecule has 116 valence electrons. The van der Waals surface area contributed by atoms with Crippen LogP contribution < -0.4 is 4.72 Å². The summed E-state index contributed by atoms with van der Waals surface area (Å²) in [4.78, 5) is 0. The van der Waals surface area contributed by atoms with E-state index in [1.807, 2.05) is 33.8 Å². The first-order valence-electron chi connectivity index (χ1n) is 6.83. The quantitative estimate of drug-likeness (QED) is 0.840. The fourth-order valence-corrected chi connectivity index (χ4v) is 3.19. The van der Waals surface area contributed by atoms with Crippen molar-refractivity contribution in [2.24, 2.45) is 5.41 Å². The Kier molecular flexibility index (Phi) is 5.82. The zero-order valence-corrected chi connectivity index (χ0v) is 13.8. The first-order chi connectivity index (χ1) is 9.61. The van der Waals surface area contributed by atoms with Gasteiger partial charge in [-0.15, -0.1) is 0 Å². The molecule has 0 radical (unpaired) electrons. The summed E-state index contributed by atoms with van der Waals surface area (Å²) in [5.41, 5.74) is 2.07. The van der Waals surface area contributed by atoms with E-state index in [-0.39, 0.29) is 17.8 Å². The predicted molar refractivity (Wildman–Crippen MR) is 86.6 cm³/mol. The minimum Gasteiger partial charge on any atom is -0.384 e. The van der Waals surface area contributed by atoms with Crippen LogP contribution >= 0.6 is 0 Å². The number of aliphatic hydroxyl groups excluding tert-OH is 1. The van der Waals surface area contributed by atoms with Gasteiger partial charge in [0.15, 0.2) is 0 Å². The lowest BCUT2D eigenvalue weighted by molar-refractivity contribution is 0.350. The van der Waals surface area contributed by atoms with E-state index in [1.54, 1.807) is 12.1 Å². The molecule has 0 saturated heterocycles. The molecule has 0 unspecified atom stereocenters. The van der Waals surface area contributed by atoms with Crippen LogP contribution in [0.1, 0.15) is 38.3 Å². The first kappa shape index (κ1) is 17.5. The molecular weight excluding hydrogens is 286 g/mol. The van der Waals surface area contributed by atoms with Crippen molar-refractivity contribution in [1.29, 1.82) is 0 Å². The zero-order valence-electron chi connectivity index (χ0n) is 13.0. The number of anilines is 1. The Bertz CT molecular complexity index is 646. The number of hydrogen-bond acceptors (Lipinski definition) is 3. The van der Waals surface area contributed by atoms with Crippen LogP contribution in [0.15, 0.2) is 18.2 Å². The maximum Gasteiger partial charge on any atom is 0.232 e. The maximum absolute atomic E-state index is 12.1. The number of hydrogen-bond donors (Lipinski definition) is 2. The lowest BCUT2D eigenvalue weighted by Gasteiger charge is -2.18. The number of nitrogens with one attached hydrogen (secondary N) is 1. The summed E-state index contributed by atoms with van der Waals surface area (Å²) in [6, 6.07) is 5.28. The van der Waals surface area contributed by atoms with Gasteiger partial charge in [-0.25, -0.2) is 8.42 Å². The van der Waals surface area contributed by atoms with Crippen molar-refractivity contribution in [2.75, 3.05) is 17.1 Å². The molecule has 0 bridgehead atoms. The monoisotopic (exact) mass is 309 g/mol. The van der Waals surface area contributed by atoms with Gasteiger partial charge < -0.3 is 5.11 Å². The number of aliphatic hydroxyl groups is 1. The van der Waals surface area contributed by atoms with Gasteiger partial charge in [0.05, 0.1) is 5.75 Å². The summed E-state index contributed by atoms with van der Waals surface area (Å²) < 4.78 is 26.8. The largest absolute Gasteiger partial charge is 0.384 e. The van der Waals surface area contributed by atoms with E-state index in [1.165, 1.54) is 0 Å². The van der Waals surface area contributed by atoms with Crippen LogP contribution in [0.4, 0.5) is 5.69 Å². The highest BCUT2D eigenvalue weighted by atomic mass is 32.2. The molecule has 0 saturated carbocycles. The lowest BCUT2D eigenvalue weighted by Crippen LogP contribution is -2.21. The second kappa shape index (κ2) is 6.97. The molecule has 1 aromatic rings. The summed E-state index contributed by atoms with van der Waals surface area (Å²) in [5.74, 6) is 5.42. The molecule has 0 aromatic heterocycles. The lowest BCUT2D eigenvalue weighted by atomic mass is 9.94. The van der Waals surface area contributed by atoms with E-state index in [0.717, 1.165) is 5.56 Å². The van der Waals surface area contributed by atoms with Crippen LogP contribution in [0.3, 0.4) is 0 Å². The van der Waals surface area contributed by atoms with E-state index in [9.17, 15) is 8.42 Å². The van der Waals surface area contributed by atoms with Crippen LogP contribution in [0.5, 0.6) is 0 Å². The fraction of sp³-hybridized carbons (Fsp3) is 0.500. The zero-order chi connectivity index (χ0) is 16.1. The minimum absolute atomic E-state index is 0.0287. The van der Waals surface area contributed by atoms with Crippen LogP contribution in [-0.4, -0.2) is 25.9 Å². The molecule has 5 heteroatoms. The van der Waals surface area contributed by atoms with Crippen molar-refractivity contribution in [2.45, 2.75) is 34.1 Å². The summed E-state index contributed by atoms with van der Waals surface area (Å²) in [6.45, 7) is 7.69. The second-order valence-corrected chi connectivity index (χ2v) is 8.12. The van der Waals surface area contributed by atoms with Crippen molar-refractivity contribution >= 4 is 15.7 Å². The van der Waals surface area contributed by atoms with E-state index >= 15 is 0 Å². The maximum atomic E-state index is 12.1. The van der Waals surface area contributed by atoms with Gasteiger partial charge >= 0.3 is 0 Å². The van der Waals surface area contributed by atoms with Crippen LogP contribution in [0.25, 0.3) is 0 Å². The molecule has 0 spiro atoms. The van der Waals surface area contributed by atoms with Gasteiger partial charge in [0.2, 0.25) is 10.0 Å².